The minimum absolute atomic E-state index is 0.119. The molecule has 0 atom stereocenters. The summed E-state index contributed by atoms with van der Waals surface area (Å²) in [6.07, 6.45) is 0.151. The van der Waals surface area contributed by atoms with Gasteiger partial charge in [-0.25, -0.2) is 9.48 Å². The van der Waals surface area contributed by atoms with Crippen molar-refractivity contribution in [2.75, 3.05) is 23.8 Å². The van der Waals surface area contributed by atoms with E-state index < -0.39 is 6.03 Å². The number of urea groups is 1. The maximum atomic E-state index is 12.8. The average molecular weight is 504 g/mol. The molecule has 10 heteroatoms. The van der Waals surface area contributed by atoms with Gasteiger partial charge in [-0.15, -0.1) is 0 Å². The molecular formula is C24H27Cl2N5O3. The zero-order valence-corrected chi connectivity index (χ0v) is 20.7. The fourth-order valence-corrected chi connectivity index (χ4v) is 3.49. The van der Waals surface area contributed by atoms with Gasteiger partial charge in [0.2, 0.25) is 5.91 Å². The van der Waals surface area contributed by atoms with Crippen LogP contribution < -0.4 is 16.0 Å². The number of anilines is 2. The van der Waals surface area contributed by atoms with Crippen molar-refractivity contribution in [1.29, 1.82) is 0 Å². The lowest BCUT2D eigenvalue weighted by Gasteiger charge is -2.14. The topological polar surface area (TPSA) is 108 Å². The highest BCUT2D eigenvalue weighted by molar-refractivity contribution is 6.44. The molecule has 180 valence electrons. The molecule has 3 aromatic rings. The number of carbonyl (C=O) groups is 2. The molecule has 0 spiro atoms. The van der Waals surface area contributed by atoms with Crippen LogP contribution in [0.25, 0.3) is 5.69 Å². The van der Waals surface area contributed by atoms with Gasteiger partial charge in [0.1, 0.15) is 5.82 Å². The molecule has 0 fully saturated rings. The lowest BCUT2D eigenvalue weighted by atomic mass is 9.92. The Morgan fingerprint density at radius 1 is 1.06 bits per heavy atom. The van der Waals surface area contributed by atoms with E-state index in [1.807, 2.05) is 45.0 Å². The standard InChI is InChI=1S/C24H27Cl2N5O3/c1-24(2,3)19-14-20(29-23(34)28-18-9-5-8-17(25)22(18)26)31(30-19)16-7-4-6-15(12-16)13-21(33)27-10-11-32/h4-9,12,14,32H,10-11,13H2,1-3H3,(H,27,33)(H2,28,29,34). The molecule has 0 aliphatic heterocycles. The molecule has 3 amide bonds. The summed E-state index contributed by atoms with van der Waals surface area (Å²) < 4.78 is 1.62. The van der Waals surface area contributed by atoms with E-state index in [-0.39, 0.29) is 35.9 Å². The predicted octanol–water partition coefficient (Wildman–Crippen LogP) is 4.77. The van der Waals surface area contributed by atoms with Crippen molar-refractivity contribution in [3.8, 4) is 5.69 Å². The van der Waals surface area contributed by atoms with E-state index in [2.05, 4.69) is 16.0 Å². The highest BCUT2D eigenvalue weighted by Gasteiger charge is 2.22. The summed E-state index contributed by atoms with van der Waals surface area (Å²) in [5.74, 6) is 0.251. The summed E-state index contributed by atoms with van der Waals surface area (Å²) in [5.41, 5.74) is 2.33. The molecule has 0 aliphatic carbocycles. The number of rotatable bonds is 7. The molecule has 8 nitrogen and oxygen atoms in total. The van der Waals surface area contributed by atoms with Crippen molar-refractivity contribution >= 4 is 46.6 Å². The Kier molecular flexibility index (Phi) is 8.19. The third-order valence-electron chi connectivity index (χ3n) is 4.87. The van der Waals surface area contributed by atoms with Crippen LogP contribution in [0, 0.1) is 0 Å². The van der Waals surface area contributed by atoms with Gasteiger partial charge in [-0.1, -0.05) is 62.2 Å². The fraction of sp³-hybridized carbons (Fsp3) is 0.292. The van der Waals surface area contributed by atoms with Gasteiger partial charge < -0.3 is 15.7 Å². The molecule has 0 aliphatic rings. The second-order valence-corrected chi connectivity index (χ2v) is 9.46. The first-order valence-electron chi connectivity index (χ1n) is 10.7. The van der Waals surface area contributed by atoms with Crippen molar-refractivity contribution in [1.82, 2.24) is 15.1 Å². The Morgan fingerprint density at radius 3 is 2.50 bits per heavy atom. The highest BCUT2D eigenvalue weighted by atomic mass is 35.5. The number of benzene rings is 2. The van der Waals surface area contributed by atoms with Crippen molar-refractivity contribution in [3.63, 3.8) is 0 Å². The highest BCUT2D eigenvalue weighted by Crippen LogP contribution is 2.30. The first-order chi connectivity index (χ1) is 16.1. The smallest absolute Gasteiger partial charge is 0.324 e. The summed E-state index contributed by atoms with van der Waals surface area (Å²) >= 11 is 12.2. The second-order valence-electron chi connectivity index (χ2n) is 8.68. The largest absolute Gasteiger partial charge is 0.395 e. The van der Waals surface area contributed by atoms with E-state index in [1.165, 1.54) is 0 Å². The summed E-state index contributed by atoms with van der Waals surface area (Å²) in [7, 11) is 0. The number of nitrogens with one attached hydrogen (secondary N) is 3. The zero-order chi connectivity index (χ0) is 24.9. The van der Waals surface area contributed by atoms with Crippen LogP contribution in [0.15, 0.2) is 48.5 Å². The normalized spacial score (nSPS) is 11.2. The summed E-state index contributed by atoms with van der Waals surface area (Å²) in [6.45, 7) is 6.16. The monoisotopic (exact) mass is 503 g/mol. The maximum absolute atomic E-state index is 12.8. The lowest BCUT2D eigenvalue weighted by molar-refractivity contribution is -0.120. The summed E-state index contributed by atoms with van der Waals surface area (Å²) in [5, 5.41) is 22.3. The quantitative estimate of drug-likeness (QED) is 0.372. The van der Waals surface area contributed by atoms with Crippen molar-refractivity contribution < 1.29 is 14.7 Å². The summed E-state index contributed by atoms with van der Waals surface area (Å²) in [4.78, 5) is 24.8. The van der Waals surface area contributed by atoms with Gasteiger partial charge in [0, 0.05) is 18.0 Å². The number of halogens is 2. The third-order valence-corrected chi connectivity index (χ3v) is 5.69. The molecule has 0 radical (unpaired) electrons. The van der Waals surface area contributed by atoms with Gasteiger partial charge in [-0.3, -0.25) is 10.1 Å². The van der Waals surface area contributed by atoms with Crippen LogP contribution in [0.3, 0.4) is 0 Å². The van der Waals surface area contributed by atoms with E-state index >= 15 is 0 Å². The van der Waals surface area contributed by atoms with E-state index in [0.29, 0.717) is 22.2 Å². The minimum Gasteiger partial charge on any atom is -0.395 e. The second kappa shape index (κ2) is 10.9. The number of amides is 3. The molecule has 3 rings (SSSR count). The molecule has 2 aromatic carbocycles. The van der Waals surface area contributed by atoms with Gasteiger partial charge in [-0.05, 0) is 29.8 Å². The molecule has 1 heterocycles. The van der Waals surface area contributed by atoms with Crippen molar-refractivity contribution in [2.24, 2.45) is 0 Å². The van der Waals surface area contributed by atoms with Gasteiger partial charge in [0.15, 0.2) is 0 Å². The van der Waals surface area contributed by atoms with Crippen molar-refractivity contribution in [2.45, 2.75) is 32.6 Å². The fourth-order valence-electron chi connectivity index (χ4n) is 3.15. The summed E-state index contributed by atoms with van der Waals surface area (Å²) in [6, 6.07) is 13.6. The molecule has 0 saturated heterocycles. The zero-order valence-electron chi connectivity index (χ0n) is 19.2. The average Bonchev–Trinajstić information content (AvgIpc) is 3.20. The van der Waals surface area contributed by atoms with Crippen molar-refractivity contribution in [3.05, 3.63) is 69.8 Å². The van der Waals surface area contributed by atoms with Crippen LogP contribution in [0.2, 0.25) is 10.0 Å². The number of nitrogens with zero attached hydrogens (tertiary/aromatic N) is 2. The van der Waals surface area contributed by atoms with Gasteiger partial charge in [0.25, 0.3) is 0 Å². The Bertz CT molecular complexity index is 1190. The van der Waals surface area contributed by atoms with E-state index in [1.54, 1.807) is 28.9 Å². The van der Waals surface area contributed by atoms with E-state index in [9.17, 15) is 9.59 Å². The van der Waals surface area contributed by atoms with Gasteiger partial charge in [0.05, 0.1) is 40.1 Å². The first-order valence-corrected chi connectivity index (χ1v) is 11.4. The van der Waals surface area contributed by atoms with Crippen LogP contribution in [-0.4, -0.2) is 40.0 Å². The maximum Gasteiger partial charge on any atom is 0.324 e. The number of aliphatic hydroxyl groups excluding tert-OH is 1. The molecular weight excluding hydrogens is 477 g/mol. The molecule has 0 unspecified atom stereocenters. The van der Waals surface area contributed by atoms with Crippen LogP contribution >= 0.6 is 23.2 Å². The molecule has 34 heavy (non-hydrogen) atoms. The minimum atomic E-state index is -0.509. The first kappa shape index (κ1) is 25.6. The number of aromatic nitrogens is 2. The molecule has 1 aromatic heterocycles. The number of carbonyl (C=O) groups excluding carboxylic acids is 2. The Balaban J connectivity index is 1.89. The third kappa shape index (κ3) is 6.50. The van der Waals surface area contributed by atoms with E-state index in [4.69, 9.17) is 33.4 Å². The van der Waals surface area contributed by atoms with Gasteiger partial charge >= 0.3 is 6.03 Å². The molecule has 0 bridgehead atoms. The van der Waals surface area contributed by atoms with Crippen LogP contribution in [0.1, 0.15) is 32.0 Å². The molecule has 4 N–H and O–H groups in total. The number of aliphatic hydroxyl groups is 1. The number of hydrogen-bond acceptors (Lipinski definition) is 4. The van der Waals surface area contributed by atoms with Crippen LogP contribution in [0.4, 0.5) is 16.3 Å². The van der Waals surface area contributed by atoms with Crippen LogP contribution in [0.5, 0.6) is 0 Å². The lowest BCUT2D eigenvalue weighted by Crippen LogP contribution is -2.27. The molecule has 0 saturated carbocycles. The van der Waals surface area contributed by atoms with Crippen LogP contribution in [-0.2, 0) is 16.6 Å². The Labute approximate surface area is 208 Å². The Morgan fingerprint density at radius 2 is 1.79 bits per heavy atom. The SMILES string of the molecule is CC(C)(C)c1cc(NC(=O)Nc2cccc(Cl)c2Cl)n(-c2cccc(CC(=O)NCCO)c2)n1. The van der Waals surface area contributed by atoms with E-state index in [0.717, 1.165) is 11.3 Å². The number of hydrogen-bond donors (Lipinski definition) is 4. The Hall–Kier alpha value is -3.07. The van der Waals surface area contributed by atoms with Gasteiger partial charge in [-0.2, -0.15) is 5.10 Å². The predicted molar refractivity (Wildman–Crippen MR) is 135 cm³/mol.